The summed E-state index contributed by atoms with van der Waals surface area (Å²) in [5.74, 6) is 0. The molecule has 0 aliphatic heterocycles. The molecule has 0 spiro atoms. The van der Waals surface area contributed by atoms with Crippen LogP contribution in [0.15, 0.2) is 0 Å². The Hall–Kier alpha value is 1.05. The Morgan fingerprint density at radius 1 is 1.33 bits per heavy atom. The van der Waals surface area contributed by atoms with Crippen LogP contribution in [-0.2, 0) is 0 Å². The predicted molar refractivity (Wildman–Crippen MR) is 39.7 cm³/mol. The van der Waals surface area contributed by atoms with Crippen molar-refractivity contribution in [3.05, 3.63) is 6.92 Å². The van der Waals surface area contributed by atoms with E-state index in [0.717, 1.165) is 0 Å². The number of hydrogen-bond acceptors (Lipinski definition) is 3. The average molecular weight is 139 g/mol. The largest absolute Gasteiger partial charge is 0.151 e. The molecule has 0 nitrogen and oxygen atoms in total. The zero-order valence-electron chi connectivity index (χ0n) is 3.26. The first-order valence-corrected chi connectivity index (χ1v) is 2.87. The van der Waals surface area contributed by atoms with Gasteiger partial charge in [-0.05, 0) is 6.42 Å². The Balaban J connectivity index is 3.17. The van der Waals surface area contributed by atoms with Crippen LogP contribution in [0.3, 0.4) is 0 Å². The molecule has 0 bridgehead atoms. The van der Waals surface area contributed by atoms with Crippen molar-refractivity contribution in [2.24, 2.45) is 0 Å². The van der Waals surface area contributed by atoms with E-state index in [1.54, 1.807) is 0 Å². The first kappa shape index (κ1) is 7.05. The minimum absolute atomic E-state index is 0.486. The third kappa shape index (κ3) is 5.05. The summed E-state index contributed by atoms with van der Waals surface area (Å²) < 4.78 is -0.486. The summed E-state index contributed by atoms with van der Waals surface area (Å²) in [6, 6.07) is 0. The van der Waals surface area contributed by atoms with Gasteiger partial charge in [-0.1, -0.05) is 6.92 Å². The van der Waals surface area contributed by atoms with E-state index in [1.807, 2.05) is 0 Å². The van der Waals surface area contributed by atoms with E-state index < -0.39 is 3.41 Å². The van der Waals surface area contributed by atoms with Gasteiger partial charge in [0.1, 0.15) is 0 Å². The predicted octanol–water partition coefficient (Wildman–Crippen LogP) is 1.65. The van der Waals surface area contributed by atoms with E-state index in [-0.39, 0.29) is 0 Å². The van der Waals surface area contributed by atoms with Gasteiger partial charge < -0.3 is 0 Å². The van der Waals surface area contributed by atoms with Crippen LogP contribution in [0.2, 0.25) is 0 Å². The third-order valence-electron chi connectivity index (χ3n) is 0.335. The average Bonchev–Trinajstić information content (AvgIpc) is 1.35. The topological polar surface area (TPSA) is 0 Å². The first-order valence-electron chi connectivity index (χ1n) is 1.52. The fourth-order valence-corrected chi connectivity index (χ4v) is 0. The highest BCUT2D eigenvalue weighted by Crippen LogP contribution is 2.26. The van der Waals surface area contributed by atoms with Crippen LogP contribution in [0, 0.1) is 6.92 Å². The van der Waals surface area contributed by atoms with E-state index in [0.29, 0.717) is 6.42 Å². The summed E-state index contributed by atoms with van der Waals surface area (Å²) in [7, 11) is 0. The van der Waals surface area contributed by atoms with Crippen LogP contribution in [0.4, 0.5) is 0 Å². The molecule has 0 aromatic rings. The van der Waals surface area contributed by atoms with E-state index >= 15 is 0 Å². The van der Waals surface area contributed by atoms with E-state index in [9.17, 15) is 0 Å². The van der Waals surface area contributed by atoms with Gasteiger partial charge in [-0.15, -0.1) is 0 Å². The van der Waals surface area contributed by atoms with E-state index in [1.165, 1.54) is 0 Å². The fraction of sp³-hybridized carbons (Fsp3) is 0.667. The Morgan fingerprint density at radius 2 is 1.50 bits per heavy atom. The molecular formula is C3H7S3. The van der Waals surface area contributed by atoms with Crippen LogP contribution in [-0.4, -0.2) is 3.41 Å². The molecule has 0 N–H and O–H groups in total. The number of hydrogen-bond donors (Lipinski definition) is 3. The smallest absolute Gasteiger partial charge is 0.0980 e. The van der Waals surface area contributed by atoms with Crippen molar-refractivity contribution in [2.45, 2.75) is 9.83 Å². The van der Waals surface area contributed by atoms with Crippen molar-refractivity contribution in [3.8, 4) is 0 Å². The van der Waals surface area contributed by atoms with Crippen molar-refractivity contribution in [3.63, 3.8) is 0 Å². The van der Waals surface area contributed by atoms with Gasteiger partial charge in [0, 0.05) is 0 Å². The molecule has 0 aliphatic carbocycles. The van der Waals surface area contributed by atoms with Crippen LogP contribution in [0.25, 0.3) is 0 Å². The summed E-state index contributed by atoms with van der Waals surface area (Å²) in [5, 5.41) is 0. The molecule has 0 rings (SSSR count). The monoisotopic (exact) mass is 139 g/mol. The van der Waals surface area contributed by atoms with Gasteiger partial charge in [0.25, 0.3) is 0 Å². The molecule has 0 saturated carbocycles. The summed E-state index contributed by atoms with van der Waals surface area (Å²) >= 11 is 11.8. The lowest BCUT2D eigenvalue weighted by Gasteiger charge is -2.09. The van der Waals surface area contributed by atoms with Crippen LogP contribution in [0.5, 0.6) is 0 Å². The molecule has 1 radical (unpaired) electrons. The zero-order valence-corrected chi connectivity index (χ0v) is 5.94. The number of thiol groups is 3. The molecule has 0 saturated heterocycles. The second-order valence-electron chi connectivity index (χ2n) is 1.02. The number of rotatable bonds is 1. The maximum absolute atomic E-state index is 3.92. The molecule has 0 atom stereocenters. The molecule has 0 unspecified atom stereocenters. The van der Waals surface area contributed by atoms with Crippen molar-refractivity contribution >= 4 is 37.9 Å². The molecule has 0 heterocycles. The second-order valence-corrected chi connectivity index (χ2v) is 4.37. The minimum Gasteiger partial charge on any atom is -0.151 e. The lowest BCUT2D eigenvalue weighted by Crippen LogP contribution is -1.97. The van der Waals surface area contributed by atoms with Gasteiger partial charge in [0.15, 0.2) is 0 Å². The van der Waals surface area contributed by atoms with Gasteiger partial charge in [-0.3, -0.25) is 0 Å². The summed E-state index contributed by atoms with van der Waals surface area (Å²) in [6.45, 7) is 3.53. The Labute approximate surface area is 54.9 Å². The van der Waals surface area contributed by atoms with Crippen molar-refractivity contribution in [1.29, 1.82) is 0 Å². The van der Waals surface area contributed by atoms with Crippen molar-refractivity contribution in [2.75, 3.05) is 0 Å². The second kappa shape index (κ2) is 2.38. The standard InChI is InChI=1S/C3H7S3/c1-2-3(4,5)6/h4-6H,1-2H2. The third-order valence-corrected chi connectivity index (χ3v) is 1.01. The fourth-order valence-electron chi connectivity index (χ4n) is 0. The molecule has 0 aliphatic rings. The van der Waals surface area contributed by atoms with E-state index in [4.69, 9.17) is 0 Å². The summed E-state index contributed by atoms with van der Waals surface area (Å²) in [4.78, 5) is 0. The maximum atomic E-state index is 3.92. The highest BCUT2D eigenvalue weighted by Gasteiger charge is 2.07. The van der Waals surface area contributed by atoms with Gasteiger partial charge >= 0.3 is 0 Å². The van der Waals surface area contributed by atoms with Crippen LogP contribution in [0.1, 0.15) is 6.42 Å². The van der Waals surface area contributed by atoms with E-state index in [2.05, 4.69) is 44.8 Å². The summed E-state index contributed by atoms with van der Waals surface area (Å²) in [6.07, 6.45) is 0.613. The molecule has 3 heteroatoms. The quantitative estimate of drug-likeness (QED) is 0.357. The van der Waals surface area contributed by atoms with Gasteiger partial charge in [-0.2, -0.15) is 37.9 Å². The Kier molecular flexibility index (Phi) is 2.80. The maximum Gasteiger partial charge on any atom is 0.0980 e. The normalized spacial score (nSPS) is 12.0. The van der Waals surface area contributed by atoms with Gasteiger partial charge in [0.05, 0.1) is 3.41 Å². The molecule has 0 aromatic carbocycles. The summed E-state index contributed by atoms with van der Waals surface area (Å²) in [5.41, 5.74) is 0. The highest BCUT2D eigenvalue weighted by molar-refractivity contribution is 8.16. The van der Waals surface area contributed by atoms with Crippen molar-refractivity contribution in [1.82, 2.24) is 0 Å². The SMILES string of the molecule is [CH2]CC(S)(S)S. The van der Waals surface area contributed by atoms with Crippen LogP contribution < -0.4 is 0 Å². The van der Waals surface area contributed by atoms with Gasteiger partial charge in [0.2, 0.25) is 0 Å². The van der Waals surface area contributed by atoms with Crippen molar-refractivity contribution < 1.29 is 0 Å². The molecular weight excluding hydrogens is 132 g/mol. The minimum atomic E-state index is -0.486. The molecule has 0 fully saturated rings. The molecule has 37 valence electrons. The molecule has 6 heavy (non-hydrogen) atoms. The zero-order chi connectivity index (χ0) is 5.21. The van der Waals surface area contributed by atoms with Crippen LogP contribution >= 0.6 is 37.9 Å². The Bertz CT molecular complexity index is 35.8. The van der Waals surface area contributed by atoms with Gasteiger partial charge in [-0.25, -0.2) is 0 Å². The molecule has 0 aromatic heterocycles. The highest BCUT2D eigenvalue weighted by atomic mass is 32.2. The first-order chi connectivity index (χ1) is 2.56. The lowest BCUT2D eigenvalue weighted by molar-refractivity contribution is 1.14. The Morgan fingerprint density at radius 3 is 1.50 bits per heavy atom. The lowest BCUT2D eigenvalue weighted by atomic mass is 10.6. The molecule has 0 amide bonds.